The number of aliphatic hydroxyl groups is 1. The van der Waals surface area contributed by atoms with E-state index in [-0.39, 0.29) is 17.8 Å². The predicted molar refractivity (Wildman–Crippen MR) is 67.9 cm³/mol. The third-order valence-corrected chi connectivity index (χ3v) is 4.52. The van der Waals surface area contributed by atoms with Gasteiger partial charge < -0.3 is 9.84 Å². The van der Waals surface area contributed by atoms with E-state index in [1.54, 1.807) is 17.8 Å². The number of rotatable bonds is 5. The first-order valence-electron chi connectivity index (χ1n) is 5.35. The zero-order chi connectivity index (χ0) is 12.3. The normalized spacial score (nSPS) is 17.8. The van der Waals surface area contributed by atoms with E-state index < -0.39 is 0 Å². The van der Waals surface area contributed by atoms with E-state index in [1.807, 2.05) is 0 Å². The first-order valence-corrected chi connectivity index (χ1v) is 6.89. The summed E-state index contributed by atoms with van der Waals surface area (Å²) in [6, 6.07) is 4.44. The molecule has 0 saturated carbocycles. The van der Waals surface area contributed by atoms with Crippen molar-refractivity contribution in [2.75, 3.05) is 25.6 Å². The molecule has 2 nitrogen and oxygen atoms in total. The summed E-state index contributed by atoms with van der Waals surface area (Å²) in [6.45, 7) is 1.39. The van der Waals surface area contributed by atoms with Crippen LogP contribution in [0.1, 0.15) is 5.56 Å². The summed E-state index contributed by atoms with van der Waals surface area (Å²) in [7, 11) is 0. The Morgan fingerprint density at radius 2 is 2.24 bits per heavy atom. The molecule has 1 saturated heterocycles. The van der Waals surface area contributed by atoms with Gasteiger partial charge in [-0.25, -0.2) is 4.39 Å². The zero-order valence-electron chi connectivity index (χ0n) is 9.29. The van der Waals surface area contributed by atoms with Gasteiger partial charge in [0.1, 0.15) is 5.82 Å². The molecule has 0 atom stereocenters. The van der Waals surface area contributed by atoms with E-state index in [2.05, 4.69) is 0 Å². The van der Waals surface area contributed by atoms with Crippen LogP contribution in [0.2, 0.25) is 5.02 Å². The number of ether oxygens (including phenoxy) is 1. The largest absolute Gasteiger partial charge is 0.396 e. The van der Waals surface area contributed by atoms with Crippen LogP contribution in [-0.4, -0.2) is 30.7 Å². The van der Waals surface area contributed by atoms with E-state index in [1.165, 1.54) is 12.1 Å². The zero-order valence-corrected chi connectivity index (χ0v) is 10.9. The Balaban J connectivity index is 1.85. The summed E-state index contributed by atoms with van der Waals surface area (Å²) in [6.07, 6.45) is 0. The van der Waals surface area contributed by atoms with Crippen molar-refractivity contribution < 1.29 is 14.2 Å². The van der Waals surface area contributed by atoms with Crippen molar-refractivity contribution in [1.82, 2.24) is 0 Å². The molecule has 1 heterocycles. The topological polar surface area (TPSA) is 29.5 Å². The number of aliphatic hydroxyl groups excluding tert-OH is 1. The fourth-order valence-electron chi connectivity index (χ4n) is 1.63. The highest BCUT2D eigenvalue weighted by Crippen LogP contribution is 2.33. The maximum absolute atomic E-state index is 12.8. The second-order valence-corrected chi connectivity index (χ2v) is 5.77. The predicted octanol–water partition coefficient (Wildman–Crippen LogP) is 2.72. The number of hydrogen-bond donors (Lipinski definition) is 1. The lowest BCUT2D eigenvalue weighted by molar-refractivity contribution is -0.121. The lowest BCUT2D eigenvalue weighted by atomic mass is 9.90. The van der Waals surface area contributed by atoms with Crippen LogP contribution in [0.3, 0.4) is 0 Å². The molecule has 17 heavy (non-hydrogen) atoms. The molecule has 1 aromatic rings. The molecule has 1 fully saturated rings. The van der Waals surface area contributed by atoms with Crippen LogP contribution in [0.15, 0.2) is 18.2 Å². The number of benzene rings is 1. The van der Waals surface area contributed by atoms with Crippen molar-refractivity contribution in [2.45, 2.75) is 5.75 Å². The number of hydrogen-bond acceptors (Lipinski definition) is 3. The lowest BCUT2D eigenvalue weighted by Gasteiger charge is -2.39. The number of halogens is 2. The fourth-order valence-corrected chi connectivity index (χ4v) is 3.21. The highest BCUT2D eigenvalue weighted by Gasteiger charge is 2.37. The molecule has 5 heteroatoms. The fraction of sp³-hybridized carbons (Fsp3) is 0.500. The van der Waals surface area contributed by atoms with E-state index in [9.17, 15) is 9.50 Å². The van der Waals surface area contributed by atoms with Crippen molar-refractivity contribution in [3.05, 3.63) is 34.6 Å². The van der Waals surface area contributed by atoms with Crippen molar-refractivity contribution in [2.24, 2.45) is 5.41 Å². The Morgan fingerprint density at radius 1 is 1.47 bits per heavy atom. The Labute approximate surface area is 109 Å². The first-order chi connectivity index (χ1) is 8.15. The van der Waals surface area contributed by atoms with Gasteiger partial charge in [-0.05, 0) is 17.7 Å². The van der Waals surface area contributed by atoms with E-state index in [4.69, 9.17) is 16.3 Å². The van der Waals surface area contributed by atoms with Crippen LogP contribution in [-0.2, 0) is 10.5 Å². The SMILES string of the molecule is OCC1(CSCc2ccc(F)cc2Cl)COC1. The number of thioether (sulfide) groups is 1. The van der Waals surface area contributed by atoms with Crippen molar-refractivity contribution >= 4 is 23.4 Å². The molecule has 0 bridgehead atoms. The third kappa shape index (κ3) is 3.13. The molecular weight excluding hydrogens is 263 g/mol. The van der Waals surface area contributed by atoms with Crippen molar-refractivity contribution in [1.29, 1.82) is 0 Å². The van der Waals surface area contributed by atoms with Gasteiger partial charge >= 0.3 is 0 Å². The average molecular weight is 277 g/mol. The van der Waals surface area contributed by atoms with Gasteiger partial charge in [-0.2, -0.15) is 11.8 Å². The highest BCUT2D eigenvalue weighted by atomic mass is 35.5. The Kier molecular flexibility index (Phi) is 4.31. The minimum Gasteiger partial charge on any atom is -0.396 e. The maximum atomic E-state index is 12.8. The van der Waals surface area contributed by atoms with Crippen LogP contribution >= 0.6 is 23.4 Å². The average Bonchev–Trinajstić information content (AvgIpc) is 2.25. The molecule has 1 aromatic carbocycles. The molecule has 1 N–H and O–H groups in total. The summed E-state index contributed by atoms with van der Waals surface area (Å²) in [5.41, 5.74) is 0.836. The molecular formula is C12H14ClFO2S. The van der Waals surface area contributed by atoms with Gasteiger partial charge in [0.05, 0.1) is 19.8 Å². The summed E-state index contributed by atoms with van der Waals surface area (Å²) in [5.74, 6) is 1.24. The van der Waals surface area contributed by atoms with Crippen molar-refractivity contribution in [3.8, 4) is 0 Å². The van der Waals surface area contributed by atoms with Gasteiger partial charge in [-0.3, -0.25) is 0 Å². The Morgan fingerprint density at radius 3 is 2.76 bits per heavy atom. The van der Waals surface area contributed by atoms with Crippen LogP contribution < -0.4 is 0 Å². The molecule has 2 rings (SSSR count). The van der Waals surface area contributed by atoms with Gasteiger partial charge in [-0.15, -0.1) is 0 Å². The smallest absolute Gasteiger partial charge is 0.124 e. The molecule has 0 radical (unpaired) electrons. The molecule has 1 aliphatic rings. The third-order valence-electron chi connectivity index (χ3n) is 2.83. The van der Waals surface area contributed by atoms with E-state index in [0.717, 1.165) is 17.1 Å². The van der Waals surface area contributed by atoms with Gasteiger partial charge in [0.2, 0.25) is 0 Å². The van der Waals surface area contributed by atoms with Gasteiger partial charge in [0.25, 0.3) is 0 Å². The minimum atomic E-state index is -0.317. The van der Waals surface area contributed by atoms with Crippen LogP contribution in [0.5, 0.6) is 0 Å². The molecule has 0 aliphatic carbocycles. The standard InChI is InChI=1S/C12H14ClFO2S/c13-11-3-10(14)2-1-9(11)4-17-8-12(5-15)6-16-7-12/h1-3,15H,4-8H2. The van der Waals surface area contributed by atoms with Crippen molar-refractivity contribution in [3.63, 3.8) is 0 Å². The minimum absolute atomic E-state index is 0.0861. The second-order valence-electron chi connectivity index (χ2n) is 4.38. The summed E-state index contributed by atoms with van der Waals surface area (Å²) in [5, 5.41) is 9.71. The van der Waals surface area contributed by atoms with E-state index >= 15 is 0 Å². The quantitative estimate of drug-likeness (QED) is 0.897. The lowest BCUT2D eigenvalue weighted by Crippen LogP contribution is -2.47. The molecule has 0 amide bonds. The Bertz CT molecular complexity index is 391. The van der Waals surface area contributed by atoms with Gasteiger partial charge in [0, 0.05) is 21.9 Å². The summed E-state index contributed by atoms with van der Waals surface area (Å²) < 4.78 is 18.0. The molecule has 94 valence electrons. The maximum Gasteiger partial charge on any atom is 0.124 e. The highest BCUT2D eigenvalue weighted by molar-refractivity contribution is 7.98. The van der Waals surface area contributed by atoms with Crippen LogP contribution in [0.4, 0.5) is 4.39 Å². The van der Waals surface area contributed by atoms with Crippen LogP contribution in [0, 0.1) is 11.2 Å². The van der Waals surface area contributed by atoms with Gasteiger partial charge in [0.15, 0.2) is 0 Å². The van der Waals surface area contributed by atoms with E-state index in [0.29, 0.717) is 18.2 Å². The molecule has 0 aromatic heterocycles. The Hall–Kier alpha value is -0.290. The van der Waals surface area contributed by atoms with Crippen LogP contribution in [0.25, 0.3) is 0 Å². The summed E-state index contributed by atoms with van der Waals surface area (Å²) >= 11 is 7.62. The second kappa shape index (κ2) is 5.57. The molecule has 0 spiro atoms. The molecule has 1 aliphatic heterocycles. The first kappa shape index (κ1) is 13.1. The monoisotopic (exact) mass is 276 g/mol. The van der Waals surface area contributed by atoms with Gasteiger partial charge in [-0.1, -0.05) is 17.7 Å². The summed E-state index contributed by atoms with van der Waals surface area (Å²) in [4.78, 5) is 0. The molecule has 0 unspecified atom stereocenters.